The molecule has 26 heavy (non-hydrogen) atoms. The van der Waals surface area contributed by atoms with Crippen LogP contribution in [0.15, 0.2) is 24.3 Å². The number of Topliss-reactive ketones (excluding diaryl/α,β-unsaturated/α-hetero) is 1. The van der Waals surface area contributed by atoms with Crippen molar-refractivity contribution in [2.75, 3.05) is 18.6 Å². The molecule has 136 valence electrons. The Balaban J connectivity index is 2.00. The van der Waals surface area contributed by atoms with E-state index in [4.69, 9.17) is 16.3 Å². The smallest absolute Gasteiger partial charge is 0.173 e. The second-order valence-electron chi connectivity index (χ2n) is 7.66. The minimum atomic E-state index is -0.260. The fraction of sp³-hybridized carbons (Fsp3) is 0.409. The summed E-state index contributed by atoms with van der Waals surface area (Å²) in [6.07, 6.45) is 3.05. The van der Waals surface area contributed by atoms with Crippen LogP contribution in [0, 0.1) is 26.2 Å². The van der Waals surface area contributed by atoms with E-state index in [0.717, 1.165) is 70.2 Å². The Morgan fingerprint density at radius 1 is 1.04 bits per heavy atom. The van der Waals surface area contributed by atoms with E-state index in [-0.39, 0.29) is 5.41 Å². The molecular formula is C22H24ClNO2. The highest BCUT2D eigenvalue weighted by molar-refractivity contribution is 6.30. The number of halogens is 1. The molecule has 1 spiro atoms. The molecule has 0 N–H and O–H groups in total. The standard InChI is InChI=1S/C22H24ClNO2/c1-13-14(2)20(26-4)15(3)18-19(13)24(17-8-6-16(23)7-9-17)12-22(21(18)25)10-5-11-22/h6-9H,5,10-12H2,1-4H3. The number of fused-ring (bicyclic) bond motifs is 1. The third-order valence-corrected chi connectivity index (χ3v) is 6.56. The van der Waals surface area contributed by atoms with Gasteiger partial charge in [-0.2, -0.15) is 0 Å². The van der Waals surface area contributed by atoms with Crippen molar-refractivity contribution in [3.05, 3.63) is 51.5 Å². The van der Waals surface area contributed by atoms with Gasteiger partial charge >= 0.3 is 0 Å². The lowest BCUT2D eigenvalue weighted by molar-refractivity contribution is 0.0618. The summed E-state index contributed by atoms with van der Waals surface area (Å²) in [5.41, 5.74) is 5.86. The zero-order valence-corrected chi connectivity index (χ0v) is 16.5. The number of benzene rings is 2. The molecule has 0 radical (unpaired) electrons. The zero-order chi connectivity index (χ0) is 18.6. The van der Waals surface area contributed by atoms with Gasteiger partial charge in [0.1, 0.15) is 5.75 Å². The Hall–Kier alpha value is -2.00. The molecule has 0 aromatic heterocycles. The Labute approximate surface area is 159 Å². The van der Waals surface area contributed by atoms with E-state index in [1.54, 1.807) is 7.11 Å². The summed E-state index contributed by atoms with van der Waals surface area (Å²) in [6, 6.07) is 7.92. The van der Waals surface area contributed by atoms with E-state index in [0.29, 0.717) is 5.78 Å². The predicted molar refractivity (Wildman–Crippen MR) is 106 cm³/mol. The summed E-state index contributed by atoms with van der Waals surface area (Å²) >= 11 is 6.10. The Morgan fingerprint density at radius 3 is 2.23 bits per heavy atom. The molecule has 0 unspecified atom stereocenters. The quantitative estimate of drug-likeness (QED) is 0.672. The molecule has 1 fully saturated rings. The van der Waals surface area contributed by atoms with Gasteiger partial charge in [-0.3, -0.25) is 4.79 Å². The van der Waals surface area contributed by atoms with Gasteiger partial charge in [-0.1, -0.05) is 18.0 Å². The number of hydrogen-bond donors (Lipinski definition) is 0. The first-order valence-electron chi connectivity index (χ1n) is 9.15. The van der Waals surface area contributed by atoms with E-state index >= 15 is 0 Å². The molecule has 1 aliphatic carbocycles. The molecule has 4 heteroatoms. The predicted octanol–water partition coefficient (Wildman–Crippen LogP) is 5.78. The van der Waals surface area contributed by atoms with Crippen molar-refractivity contribution in [1.82, 2.24) is 0 Å². The molecule has 0 amide bonds. The minimum Gasteiger partial charge on any atom is -0.496 e. The third kappa shape index (κ3) is 2.30. The van der Waals surface area contributed by atoms with Crippen molar-refractivity contribution in [3.8, 4) is 5.75 Å². The van der Waals surface area contributed by atoms with Crippen LogP contribution >= 0.6 is 11.6 Å². The highest BCUT2D eigenvalue weighted by Gasteiger charge is 2.51. The molecule has 4 rings (SSSR count). The van der Waals surface area contributed by atoms with E-state index in [9.17, 15) is 4.79 Å². The number of carbonyl (C=O) groups excluding carboxylic acids is 1. The Bertz CT molecular complexity index is 898. The second-order valence-corrected chi connectivity index (χ2v) is 8.09. The first-order valence-corrected chi connectivity index (χ1v) is 9.53. The maximum atomic E-state index is 13.5. The molecule has 0 atom stereocenters. The van der Waals surface area contributed by atoms with Gasteiger partial charge in [0.2, 0.25) is 0 Å². The lowest BCUT2D eigenvalue weighted by Gasteiger charge is -2.49. The summed E-state index contributed by atoms with van der Waals surface area (Å²) in [7, 11) is 1.69. The molecule has 2 aliphatic rings. The number of rotatable bonds is 2. The summed E-state index contributed by atoms with van der Waals surface area (Å²) in [5.74, 6) is 1.13. The average molecular weight is 370 g/mol. The van der Waals surface area contributed by atoms with Gasteiger partial charge in [-0.15, -0.1) is 0 Å². The van der Waals surface area contributed by atoms with E-state index in [2.05, 4.69) is 18.7 Å². The highest BCUT2D eigenvalue weighted by Crippen LogP contribution is 2.54. The van der Waals surface area contributed by atoms with Crippen LogP contribution < -0.4 is 9.64 Å². The first-order chi connectivity index (χ1) is 12.4. The van der Waals surface area contributed by atoms with Crippen molar-refractivity contribution >= 4 is 28.8 Å². The highest BCUT2D eigenvalue weighted by atomic mass is 35.5. The molecule has 2 aromatic rings. The van der Waals surface area contributed by atoms with Gasteiger partial charge in [0.25, 0.3) is 0 Å². The van der Waals surface area contributed by atoms with Gasteiger partial charge in [0.05, 0.1) is 18.2 Å². The Kier molecular flexibility index (Phi) is 4.03. The monoisotopic (exact) mass is 369 g/mol. The van der Waals surface area contributed by atoms with Gasteiger partial charge in [0, 0.05) is 28.4 Å². The molecule has 1 saturated carbocycles. The third-order valence-electron chi connectivity index (χ3n) is 6.30. The van der Waals surface area contributed by atoms with Crippen LogP contribution in [0.1, 0.15) is 46.3 Å². The molecule has 1 heterocycles. The van der Waals surface area contributed by atoms with Crippen LogP contribution in [0.3, 0.4) is 0 Å². The molecular weight excluding hydrogens is 346 g/mol. The van der Waals surface area contributed by atoms with Crippen LogP contribution in [0.4, 0.5) is 11.4 Å². The Morgan fingerprint density at radius 2 is 1.69 bits per heavy atom. The van der Waals surface area contributed by atoms with Crippen LogP contribution in [0.2, 0.25) is 5.02 Å². The van der Waals surface area contributed by atoms with Gasteiger partial charge in [-0.25, -0.2) is 0 Å². The number of ketones is 1. The summed E-state index contributed by atoms with van der Waals surface area (Å²) in [5, 5.41) is 0.722. The maximum Gasteiger partial charge on any atom is 0.173 e. The molecule has 2 aromatic carbocycles. The maximum absolute atomic E-state index is 13.5. The fourth-order valence-corrected chi connectivity index (χ4v) is 4.70. The van der Waals surface area contributed by atoms with Crippen molar-refractivity contribution < 1.29 is 9.53 Å². The average Bonchev–Trinajstić information content (AvgIpc) is 2.59. The number of anilines is 2. The van der Waals surface area contributed by atoms with Crippen LogP contribution in [0.5, 0.6) is 5.75 Å². The second kappa shape index (κ2) is 6.02. The normalized spacial score (nSPS) is 17.9. The zero-order valence-electron chi connectivity index (χ0n) is 15.8. The summed E-state index contributed by atoms with van der Waals surface area (Å²) in [6.45, 7) is 6.91. The molecule has 0 bridgehead atoms. The van der Waals surface area contributed by atoms with Crippen LogP contribution in [-0.2, 0) is 0 Å². The van der Waals surface area contributed by atoms with Crippen molar-refractivity contribution in [2.45, 2.75) is 40.0 Å². The fourth-order valence-electron chi connectivity index (χ4n) is 4.58. The molecule has 0 saturated heterocycles. The first kappa shape index (κ1) is 17.4. The SMILES string of the molecule is COc1c(C)c(C)c2c(c1C)C(=O)C1(CCC1)CN2c1ccc(Cl)cc1. The number of methoxy groups -OCH3 is 1. The summed E-state index contributed by atoms with van der Waals surface area (Å²) in [4.78, 5) is 15.8. The van der Waals surface area contributed by atoms with E-state index in [1.165, 1.54) is 0 Å². The topological polar surface area (TPSA) is 29.5 Å². The molecule has 1 aliphatic heterocycles. The summed E-state index contributed by atoms with van der Waals surface area (Å²) < 4.78 is 5.66. The number of nitrogens with zero attached hydrogens (tertiary/aromatic N) is 1. The van der Waals surface area contributed by atoms with E-state index < -0.39 is 0 Å². The lowest BCUT2D eigenvalue weighted by Crippen LogP contribution is -2.51. The van der Waals surface area contributed by atoms with Crippen molar-refractivity contribution in [3.63, 3.8) is 0 Å². The van der Waals surface area contributed by atoms with Gasteiger partial charge < -0.3 is 9.64 Å². The largest absolute Gasteiger partial charge is 0.496 e. The van der Waals surface area contributed by atoms with Crippen molar-refractivity contribution in [1.29, 1.82) is 0 Å². The van der Waals surface area contributed by atoms with Crippen LogP contribution in [0.25, 0.3) is 0 Å². The number of ether oxygens (including phenoxy) is 1. The lowest BCUT2D eigenvalue weighted by atomic mass is 9.61. The minimum absolute atomic E-state index is 0.260. The number of carbonyl (C=O) groups is 1. The van der Waals surface area contributed by atoms with E-state index in [1.807, 2.05) is 31.2 Å². The van der Waals surface area contributed by atoms with Gasteiger partial charge in [0.15, 0.2) is 5.78 Å². The number of hydrogen-bond acceptors (Lipinski definition) is 3. The molecule has 3 nitrogen and oxygen atoms in total. The van der Waals surface area contributed by atoms with Crippen molar-refractivity contribution in [2.24, 2.45) is 5.41 Å². The van der Waals surface area contributed by atoms with Crippen LogP contribution in [-0.4, -0.2) is 19.4 Å². The van der Waals surface area contributed by atoms with Gasteiger partial charge in [-0.05, 0) is 69.0 Å².